The van der Waals surface area contributed by atoms with Crippen LogP contribution in [0.1, 0.15) is 17.4 Å². The zero-order valence-corrected chi connectivity index (χ0v) is 20.8. The number of imidazole rings is 1. The van der Waals surface area contributed by atoms with Crippen molar-refractivity contribution in [2.45, 2.75) is 6.04 Å². The summed E-state index contributed by atoms with van der Waals surface area (Å²) in [5, 5.41) is 16.2. The van der Waals surface area contributed by atoms with Crippen molar-refractivity contribution in [1.29, 1.82) is 0 Å². The van der Waals surface area contributed by atoms with Crippen LogP contribution in [0.4, 0.5) is 16.2 Å². The van der Waals surface area contributed by atoms with Crippen LogP contribution < -0.4 is 10.1 Å². The van der Waals surface area contributed by atoms with Crippen molar-refractivity contribution in [3.8, 4) is 17.0 Å². The Morgan fingerprint density at radius 3 is 2.61 bits per heavy atom. The topological polar surface area (TPSA) is 113 Å². The van der Waals surface area contributed by atoms with Gasteiger partial charge in [-0.15, -0.1) is 5.10 Å². The smallest absolute Gasteiger partial charge is 0.228 e. The summed E-state index contributed by atoms with van der Waals surface area (Å²) in [6.45, 7) is 0. The van der Waals surface area contributed by atoms with E-state index in [1.54, 1.807) is 40.1 Å². The van der Waals surface area contributed by atoms with Crippen LogP contribution in [-0.2, 0) is 14.1 Å². The Hall–Kier alpha value is -5.13. The Labute approximate surface area is 216 Å². The van der Waals surface area contributed by atoms with Gasteiger partial charge in [0.05, 0.1) is 24.5 Å². The van der Waals surface area contributed by atoms with Crippen molar-refractivity contribution in [2.75, 3.05) is 12.4 Å². The first-order chi connectivity index (χ1) is 18.5. The quantitative estimate of drug-likeness (QED) is 0.344. The van der Waals surface area contributed by atoms with Crippen LogP contribution in [0.15, 0.2) is 73.3 Å². The van der Waals surface area contributed by atoms with E-state index in [2.05, 4.69) is 35.7 Å². The van der Waals surface area contributed by atoms with Crippen molar-refractivity contribution in [3.05, 3.63) is 90.5 Å². The molecule has 0 aliphatic heterocycles. The highest BCUT2D eigenvalue weighted by molar-refractivity contribution is 5.81. The lowest BCUT2D eigenvalue weighted by atomic mass is 10.0. The molecule has 6 aromatic rings. The molecule has 1 N–H and O–H groups in total. The molecular weight excluding hydrogens is 487 g/mol. The van der Waals surface area contributed by atoms with Gasteiger partial charge in [0, 0.05) is 44.3 Å². The minimum absolute atomic E-state index is 0.169. The zero-order valence-electron chi connectivity index (χ0n) is 20.8. The predicted molar refractivity (Wildman–Crippen MR) is 138 cm³/mol. The highest BCUT2D eigenvalue weighted by Crippen LogP contribution is 2.32. The average Bonchev–Trinajstić information content (AvgIpc) is 3.65. The molecule has 11 nitrogen and oxygen atoms in total. The number of methoxy groups -OCH3 is 1. The predicted octanol–water partition coefficient (Wildman–Crippen LogP) is 3.88. The molecule has 0 saturated heterocycles. The molecule has 1 atom stereocenters. The first-order valence-electron chi connectivity index (χ1n) is 11.8. The van der Waals surface area contributed by atoms with E-state index in [0.717, 1.165) is 22.6 Å². The molecule has 2 aromatic carbocycles. The van der Waals surface area contributed by atoms with Crippen molar-refractivity contribution >= 4 is 22.8 Å². The second-order valence-corrected chi connectivity index (χ2v) is 8.66. The standard InChI is InChI=1S/C26H23FN10O/c1-35-13-12-28-25(35)24(17-5-7-22(38-3)18(27)14-17)37-21-6-4-16(15-20(21)33-34-37)19-8-10-29-26(31-19)32-23-9-11-30-36(23)2/h4-15,24H,1-3H3,(H,29,31,32). The lowest BCUT2D eigenvalue weighted by Crippen LogP contribution is -2.18. The van der Waals surface area contributed by atoms with Gasteiger partial charge < -0.3 is 14.6 Å². The van der Waals surface area contributed by atoms with E-state index in [-0.39, 0.29) is 5.75 Å². The largest absolute Gasteiger partial charge is 0.494 e. The van der Waals surface area contributed by atoms with Crippen LogP contribution in [0.2, 0.25) is 0 Å². The summed E-state index contributed by atoms with van der Waals surface area (Å²) in [4.78, 5) is 13.5. The number of fused-ring (bicyclic) bond motifs is 1. The number of aryl methyl sites for hydroxylation is 2. The number of nitrogens with zero attached hydrogens (tertiary/aromatic N) is 9. The van der Waals surface area contributed by atoms with Crippen molar-refractivity contribution in [2.24, 2.45) is 14.1 Å². The molecular formula is C26H23FN10O. The normalized spacial score (nSPS) is 12.1. The fourth-order valence-electron chi connectivity index (χ4n) is 4.38. The van der Waals surface area contributed by atoms with Gasteiger partial charge in [-0.05, 0) is 35.9 Å². The Balaban J connectivity index is 1.40. The molecule has 0 spiro atoms. The van der Waals surface area contributed by atoms with Gasteiger partial charge in [-0.1, -0.05) is 17.3 Å². The van der Waals surface area contributed by atoms with Crippen molar-refractivity contribution < 1.29 is 9.13 Å². The molecule has 190 valence electrons. The minimum Gasteiger partial charge on any atom is -0.494 e. The molecule has 4 aromatic heterocycles. The number of rotatable bonds is 7. The fourth-order valence-corrected chi connectivity index (χ4v) is 4.38. The van der Waals surface area contributed by atoms with Gasteiger partial charge in [0.1, 0.15) is 23.2 Å². The summed E-state index contributed by atoms with van der Waals surface area (Å²) in [6.07, 6.45) is 6.93. The van der Waals surface area contributed by atoms with Crippen LogP contribution >= 0.6 is 0 Å². The summed E-state index contributed by atoms with van der Waals surface area (Å²) in [6, 6.07) is 13.8. The van der Waals surface area contributed by atoms with Crippen molar-refractivity contribution in [3.63, 3.8) is 0 Å². The fraction of sp³-hybridized carbons (Fsp3) is 0.154. The van der Waals surface area contributed by atoms with Crippen molar-refractivity contribution in [1.82, 2.24) is 44.3 Å². The number of benzene rings is 2. The van der Waals surface area contributed by atoms with Crippen LogP contribution in [0.5, 0.6) is 5.75 Å². The van der Waals surface area contributed by atoms with Gasteiger partial charge in [0.2, 0.25) is 5.95 Å². The minimum atomic E-state index is -0.514. The van der Waals surface area contributed by atoms with Gasteiger partial charge in [-0.2, -0.15) is 5.10 Å². The lowest BCUT2D eigenvalue weighted by Gasteiger charge is -2.19. The Kier molecular flexibility index (Phi) is 5.75. The van der Waals surface area contributed by atoms with Crippen LogP contribution in [0.25, 0.3) is 22.3 Å². The Morgan fingerprint density at radius 2 is 1.87 bits per heavy atom. The molecule has 38 heavy (non-hydrogen) atoms. The van der Waals surface area contributed by atoms with Gasteiger partial charge >= 0.3 is 0 Å². The number of hydrogen-bond donors (Lipinski definition) is 1. The molecule has 0 bridgehead atoms. The highest BCUT2D eigenvalue weighted by Gasteiger charge is 2.25. The monoisotopic (exact) mass is 510 g/mol. The summed E-state index contributed by atoms with van der Waals surface area (Å²) in [7, 11) is 5.16. The zero-order chi connectivity index (χ0) is 26.2. The van der Waals surface area contributed by atoms with E-state index in [0.29, 0.717) is 22.9 Å². The lowest BCUT2D eigenvalue weighted by molar-refractivity contribution is 0.385. The van der Waals surface area contributed by atoms with Crippen LogP contribution in [0, 0.1) is 5.82 Å². The first kappa shape index (κ1) is 23.3. The molecule has 6 rings (SSSR count). The Morgan fingerprint density at radius 1 is 0.974 bits per heavy atom. The summed E-state index contributed by atoms with van der Waals surface area (Å²) in [5.74, 6) is 1.62. The maximum absolute atomic E-state index is 14.7. The molecule has 0 aliphatic carbocycles. The van der Waals surface area contributed by atoms with Gasteiger partial charge in [-0.25, -0.2) is 24.0 Å². The summed E-state index contributed by atoms with van der Waals surface area (Å²) in [5.41, 5.74) is 3.66. The van der Waals surface area contributed by atoms with E-state index < -0.39 is 11.9 Å². The molecule has 0 amide bonds. The number of hydrogen-bond acceptors (Lipinski definition) is 8. The third-order valence-corrected chi connectivity index (χ3v) is 6.32. The number of halogens is 1. The summed E-state index contributed by atoms with van der Waals surface area (Å²) < 4.78 is 25.1. The third-order valence-electron chi connectivity index (χ3n) is 6.32. The van der Waals surface area contributed by atoms with Crippen LogP contribution in [-0.4, -0.2) is 51.4 Å². The second-order valence-electron chi connectivity index (χ2n) is 8.66. The van der Waals surface area contributed by atoms with Crippen LogP contribution in [0.3, 0.4) is 0 Å². The number of ether oxygens (including phenoxy) is 1. The highest BCUT2D eigenvalue weighted by atomic mass is 19.1. The number of anilines is 2. The first-order valence-corrected chi connectivity index (χ1v) is 11.8. The second kappa shape index (κ2) is 9.39. The van der Waals surface area contributed by atoms with Gasteiger partial charge in [-0.3, -0.25) is 4.68 Å². The van der Waals surface area contributed by atoms with Gasteiger partial charge in [0.15, 0.2) is 11.6 Å². The Bertz CT molecular complexity index is 1750. The molecule has 0 fully saturated rings. The average molecular weight is 511 g/mol. The molecule has 0 aliphatic rings. The van der Waals surface area contributed by atoms with E-state index in [1.807, 2.05) is 55.2 Å². The van der Waals surface area contributed by atoms with E-state index >= 15 is 0 Å². The van der Waals surface area contributed by atoms with E-state index in [9.17, 15) is 4.39 Å². The maximum atomic E-state index is 14.7. The number of aromatic nitrogens is 9. The SMILES string of the molecule is COc1ccc(C(c2nccn2C)n2nnc3cc(-c4ccnc(Nc5ccnn5C)n4)ccc32)cc1F. The third kappa shape index (κ3) is 4.11. The van der Waals surface area contributed by atoms with E-state index in [4.69, 9.17) is 4.74 Å². The van der Waals surface area contributed by atoms with E-state index in [1.165, 1.54) is 13.2 Å². The molecule has 12 heteroatoms. The molecule has 1 unspecified atom stereocenters. The number of nitrogens with one attached hydrogen (secondary N) is 1. The maximum Gasteiger partial charge on any atom is 0.228 e. The summed E-state index contributed by atoms with van der Waals surface area (Å²) >= 11 is 0. The molecule has 4 heterocycles. The molecule has 0 radical (unpaired) electrons. The molecule has 0 saturated carbocycles. The van der Waals surface area contributed by atoms with Gasteiger partial charge in [0.25, 0.3) is 0 Å².